The highest BCUT2D eigenvalue weighted by atomic mass is 32.2. The molecule has 0 aliphatic carbocycles. The number of carbonyl (C=O) groups is 2. The molecule has 19 heavy (non-hydrogen) atoms. The second-order valence-corrected chi connectivity index (χ2v) is 5.20. The van der Waals surface area contributed by atoms with Crippen LogP contribution < -0.4 is 5.56 Å². The summed E-state index contributed by atoms with van der Waals surface area (Å²) in [5.74, 6) is -0.380. The van der Waals surface area contributed by atoms with Gasteiger partial charge in [0.2, 0.25) is 5.91 Å². The molecule has 1 aromatic heterocycles. The maximum atomic E-state index is 12.0. The van der Waals surface area contributed by atoms with Gasteiger partial charge in [-0.25, -0.2) is 4.79 Å². The first-order valence-corrected chi connectivity index (χ1v) is 7.00. The second-order valence-electron chi connectivity index (χ2n) is 4.20. The molecule has 1 aromatic rings. The molecular weight excluding hydrogens is 268 g/mol. The maximum Gasteiger partial charge on any atom is 0.327 e. The Morgan fingerprint density at radius 2 is 2.21 bits per heavy atom. The van der Waals surface area contributed by atoms with E-state index in [2.05, 4.69) is 0 Å². The van der Waals surface area contributed by atoms with E-state index >= 15 is 0 Å². The summed E-state index contributed by atoms with van der Waals surface area (Å²) in [6.45, 7) is 0.270. The molecule has 7 heteroatoms. The number of aromatic nitrogens is 1. The number of nitrogens with zero attached hydrogens (tertiary/aromatic N) is 2. The van der Waals surface area contributed by atoms with Gasteiger partial charge >= 0.3 is 5.97 Å². The fourth-order valence-electron chi connectivity index (χ4n) is 1.90. The molecule has 1 saturated heterocycles. The summed E-state index contributed by atoms with van der Waals surface area (Å²) >= 11 is 1.43. The van der Waals surface area contributed by atoms with Crippen LogP contribution in [0.5, 0.6) is 0 Å². The summed E-state index contributed by atoms with van der Waals surface area (Å²) in [5.41, 5.74) is -0.166. The fraction of sp³-hybridized carbons (Fsp3) is 0.417. The van der Waals surface area contributed by atoms with E-state index in [9.17, 15) is 14.4 Å². The van der Waals surface area contributed by atoms with Crippen molar-refractivity contribution in [3.63, 3.8) is 0 Å². The van der Waals surface area contributed by atoms with E-state index in [1.54, 1.807) is 18.3 Å². The Balaban J connectivity index is 1.97. The van der Waals surface area contributed by atoms with Crippen LogP contribution >= 0.6 is 11.8 Å². The van der Waals surface area contributed by atoms with Gasteiger partial charge in [0.25, 0.3) is 5.56 Å². The monoisotopic (exact) mass is 282 g/mol. The van der Waals surface area contributed by atoms with Gasteiger partial charge in [0.1, 0.15) is 6.04 Å². The Morgan fingerprint density at radius 1 is 1.42 bits per heavy atom. The standard InChI is InChI=1S/C12H14N2O4S/c15-10-3-1-2-5-13(10)6-4-11(16)14-8-19-7-9(14)12(17)18/h1-3,5,9H,4,6-8H2,(H,17,18). The SMILES string of the molecule is O=C(O)C1CSCN1C(=O)CCn1ccccc1=O. The van der Waals surface area contributed by atoms with E-state index in [1.165, 1.54) is 27.3 Å². The van der Waals surface area contributed by atoms with E-state index in [-0.39, 0.29) is 24.4 Å². The summed E-state index contributed by atoms with van der Waals surface area (Å²) in [5, 5.41) is 9.00. The van der Waals surface area contributed by atoms with Gasteiger partial charge in [-0.15, -0.1) is 11.8 Å². The van der Waals surface area contributed by atoms with Gasteiger partial charge in [-0.1, -0.05) is 6.07 Å². The molecule has 1 aliphatic rings. The zero-order chi connectivity index (χ0) is 13.8. The van der Waals surface area contributed by atoms with E-state index in [1.807, 2.05) is 0 Å². The smallest absolute Gasteiger partial charge is 0.327 e. The van der Waals surface area contributed by atoms with Crippen molar-refractivity contribution in [2.24, 2.45) is 0 Å². The first-order valence-electron chi connectivity index (χ1n) is 5.85. The molecule has 1 unspecified atom stereocenters. The van der Waals surface area contributed by atoms with Gasteiger partial charge in [0.15, 0.2) is 0 Å². The minimum Gasteiger partial charge on any atom is -0.480 e. The van der Waals surface area contributed by atoms with Crippen molar-refractivity contribution in [1.29, 1.82) is 0 Å². The van der Waals surface area contributed by atoms with E-state index in [4.69, 9.17) is 5.11 Å². The maximum absolute atomic E-state index is 12.0. The van der Waals surface area contributed by atoms with Crippen LogP contribution in [0.15, 0.2) is 29.2 Å². The van der Waals surface area contributed by atoms with Crippen molar-refractivity contribution >= 4 is 23.6 Å². The number of hydrogen-bond donors (Lipinski definition) is 1. The lowest BCUT2D eigenvalue weighted by Gasteiger charge is -2.20. The summed E-state index contributed by atoms with van der Waals surface area (Å²) < 4.78 is 1.44. The first kappa shape index (κ1) is 13.7. The van der Waals surface area contributed by atoms with Crippen molar-refractivity contribution < 1.29 is 14.7 Å². The number of aliphatic carboxylic acids is 1. The lowest BCUT2D eigenvalue weighted by Crippen LogP contribution is -2.42. The Labute approximate surface area is 114 Å². The molecule has 0 spiro atoms. The van der Waals surface area contributed by atoms with E-state index in [0.29, 0.717) is 11.6 Å². The number of carbonyl (C=O) groups excluding carboxylic acids is 1. The Morgan fingerprint density at radius 3 is 2.89 bits per heavy atom. The minimum absolute atomic E-state index is 0.133. The molecule has 1 fully saturated rings. The van der Waals surface area contributed by atoms with Gasteiger partial charge < -0.3 is 14.6 Å². The van der Waals surface area contributed by atoms with Crippen LogP contribution in [-0.2, 0) is 16.1 Å². The van der Waals surface area contributed by atoms with Gasteiger partial charge in [-0.3, -0.25) is 9.59 Å². The van der Waals surface area contributed by atoms with E-state index < -0.39 is 12.0 Å². The number of hydrogen-bond acceptors (Lipinski definition) is 4. The van der Waals surface area contributed by atoms with E-state index in [0.717, 1.165) is 0 Å². The molecule has 0 bridgehead atoms. The molecule has 102 valence electrons. The number of amides is 1. The van der Waals surface area contributed by atoms with Crippen molar-refractivity contribution in [2.75, 3.05) is 11.6 Å². The molecule has 2 heterocycles. The molecule has 2 rings (SSSR count). The zero-order valence-electron chi connectivity index (χ0n) is 10.2. The number of pyridine rings is 1. The van der Waals surface area contributed by atoms with Gasteiger partial charge in [0.05, 0.1) is 5.88 Å². The van der Waals surface area contributed by atoms with Crippen molar-refractivity contribution in [1.82, 2.24) is 9.47 Å². The van der Waals surface area contributed by atoms with Crippen molar-refractivity contribution in [3.8, 4) is 0 Å². The molecule has 0 saturated carbocycles. The van der Waals surface area contributed by atoms with Gasteiger partial charge in [-0.2, -0.15) is 0 Å². The third-order valence-electron chi connectivity index (χ3n) is 2.95. The zero-order valence-corrected chi connectivity index (χ0v) is 11.0. The lowest BCUT2D eigenvalue weighted by atomic mass is 10.2. The van der Waals surface area contributed by atoms with Crippen LogP contribution in [-0.4, -0.2) is 44.1 Å². The molecule has 1 amide bonds. The third kappa shape index (κ3) is 3.17. The largest absolute Gasteiger partial charge is 0.480 e. The van der Waals surface area contributed by atoms with Gasteiger partial charge in [0, 0.05) is 31.0 Å². The molecule has 0 radical (unpaired) electrons. The quantitative estimate of drug-likeness (QED) is 0.855. The molecule has 0 aromatic carbocycles. The van der Waals surface area contributed by atoms with Crippen LogP contribution in [0, 0.1) is 0 Å². The van der Waals surface area contributed by atoms with Gasteiger partial charge in [-0.05, 0) is 6.07 Å². The van der Waals surface area contributed by atoms with Crippen molar-refractivity contribution in [2.45, 2.75) is 19.0 Å². The Bertz CT molecular complexity index is 543. The number of aryl methyl sites for hydroxylation is 1. The molecule has 6 nitrogen and oxygen atoms in total. The summed E-state index contributed by atoms with van der Waals surface area (Å²) in [6.07, 6.45) is 1.75. The number of carboxylic acid groups (broad SMARTS) is 1. The second kappa shape index (κ2) is 5.92. The lowest BCUT2D eigenvalue weighted by molar-refractivity contribution is -0.147. The average Bonchev–Trinajstić information content (AvgIpc) is 2.87. The highest BCUT2D eigenvalue weighted by Gasteiger charge is 2.34. The van der Waals surface area contributed by atoms with Crippen LogP contribution in [0.2, 0.25) is 0 Å². The number of rotatable bonds is 4. The first-order chi connectivity index (χ1) is 9.09. The summed E-state index contributed by atoms with van der Waals surface area (Å²) in [6, 6.07) is 4.04. The topological polar surface area (TPSA) is 79.6 Å². The highest BCUT2D eigenvalue weighted by molar-refractivity contribution is 7.99. The predicted octanol–water partition coefficient (Wildman–Crippen LogP) is 0.224. The summed E-state index contributed by atoms with van der Waals surface area (Å²) in [4.78, 5) is 35.8. The number of carboxylic acids is 1. The molecule has 1 aliphatic heterocycles. The van der Waals surface area contributed by atoms with Crippen LogP contribution in [0.4, 0.5) is 0 Å². The van der Waals surface area contributed by atoms with Crippen LogP contribution in [0.3, 0.4) is 0 Å². The van der Waals surface area contributed by atoms with Crippen molar-refractivity contribution in [3.05, 3.63) is 34.7 Å². The highest BCUT2D eigenvalue weighted by Crippen LogP contribution is 2.21. The molecule has 1 N–H and O–H groups in total. The molecule has 1 atom stereocenters. The normalized spacial score (nSPS) is 18.5. The third-order valence-corrected chi connectivity index (χ3v) is 3.97. The Hall–Kier alpha value is -1.76. The van der Waals surface area contributed by atoms with Crippen LogP contribution in [0.1, 0.15) is 6.42 Å². The predicted molar refractivity (Wildman–Crippen MR) is 70.9 cm³/mol. The summed E-state index contributed by atoms with van der Waals surface area (Å²) in [7, 11) is 0. The average molecular weight is 282 g/mol. The van der Waals surface area contributed by atoms with Crippen LogP contribution in [0.25, 0.3) is 0 Å². The Kier molecular flexibility index (Phi) is 4.26. The number of thioether (sulfide) groups is 1. The fourth-order valence-corrected chi connectivity index (χ4v) is 3.07. The molecular formula is C12H14N2O4S. The minimum atomic E-state index is -0.977.